The van der Waals surface area contributed by atoms with Gasteiger partial charge < -0.3 is 9.30 Å². The summed E-state index contributed by atoms with van der Waals surface area (Å²) < 4.78 is 7.10. The highest BCUT2D eigenvalue weighted by Crippen LogP contribution is 2.20. The van der Waals surface area contributed by atoms with Gasteiger partial charge in [-0.15, -0.1) is 0 Å². The molecule has 0 amide bonds. The summed E-state index contributed by atoms with van der Waals surface area (Å²) in [7, 11) is 1.64. The zero-order chi connectivity index (χ0) is 12.3. The summed E-state index contributed by atoms with van der Waals surface area (Å²) in [4.78, 5) is 14.7. The Balaban J connectivity index is 2.35. The van der Waals surface area contributed by atoms with Crippen LogP contribution in [0.25, 0.3) is 0 Å². The summed E-state index contributed by atoms with van der Waals surface area (Å²) in [5.74, 6) is 1.25. The SMILES string of the molecule is COc1ccc(C)cc1Cn1ccnc1C=O. The van der Waals surface area contributed by atoms with E-state index in [1.807, 2.05) is 25.1 Å². The van der Waals surface area contributed by atoms with E-state index in [-0.39, 0.29) is 0 Å². The van der Waals surface area contributed by atoms with Crippen molar-refractivity contribution in [3.8, 4) is 5.75 Å². The van der Waals surface area contributed by atoms with Gasteiger partial charge in [0.15, 0.2) is 12.1 Å². The number of hydrogen-bond donors (Lipinski definition) is 0. The number of ether oxygens (including phenoxy) is 1. The standard InChI is InChI=1S/C13H14N2O2/c1-10-3-4-12(17-2)11(7-10)8-15-6-5-14-13(15)9-16/h3-7,9H,8H2,1-2H3. The minimum absolute atomic E-state index is 0.425. The molecule has 0 aliphatic carbocycles. The highest BCUT2D eigenvalue weighted by Gasteiger charge is 2.07. The average Bonchev–Trinajstić information content (AvgIpc) is 2.77. The van der Waals surface area contributed by atoms with Gasteiger partial charge in [-0.05, 0) is 13.0 Å². The fourth-order valence-corrected chi connectivity index (χ4v) is 1.79. The molecule has 4 nitrogen and oxygen atoms in total. The number of hydrogen-bond acceptors (Lipinski definition) is 3. The maximum absolute atomic E-state index is 10.8. The van der Waals surface area contributed by atoms with E-state index in [2.05, 4.69) is 4.98 Å². The molecule has 0 unspecified atom stereocenters. The largest absolute Gasteiger partial charge is 0.496 e. The van der Waals surface area contributed by atoms with Crippen molar-refractivity contribution >= 4 is 6.29 Å². The van der Waals surface area contributed by atoms with E-state index < -0.39 is 0 Å². The third-order valence-electron chi connectivity index (χ3n) is 2.63. The fourth-order valence-electron chi connectivity index (χ4n) is 1.79. The molecule has 0 N–H and O–H groups in total. The Kier molecular flexibility index (Phi) is 3.23. The van der Waals surface area contributed by atoms with Crippen LogP contribution in [0.4, 0.5) is 0 Å². The van der Waals surface area contributed by atoms with Gasteiger partial charge in [-0.1, -0.05) is 17.7 Å². The van der Waals surface area contributed by atoms with Gasteiger partial charge in [-0.2, -0.15) is 0 Å². The van der Waals surface area contributed by atoms with Crippen LogP contribution in [-0.2, 0) is 6.54 Å². The maximum atomic E-state index is 10.8. The molecule has 0 fully saturated rings. The molecule has 4 heteroatoms. The Morgan fingerprint density at radius 3 is 3.00 bits per heavy atom. The van der Waals surface area contributed by atoms with Crippen LogP contribution in [-0.4, -0.2) is 22.9 Å². The van der Waals surface area contributed by atoms with E-state index in [0.717, 1.165) is 23.2 Å². The van der Waals surface area contributed by atoms with Crippen LogP contribution >= 0.6 is 0 Å². The molecule has 2 aromatic rings. The average molecular weight is 230 g/mol. The number of benzene rings is 1. The lowest BCUT2D eigenvalue weighted by molar-refractivity contribution is 0.111. The van der Waals surface area contributed by atoms with Crippen molar-refractivity contribution < 1.29 is 9.53 Å². The van der Waals surface area contributed by atoms with Crippen LogP contribution in [0.1, 0.15) is 21.7 Å². The lowest BCUT2D eigenvalue weighted by atomic mass is 10.1. The van der Waals surface area contributed by atoms with Gasteiger partial charge in [0.25, 0.3) is 0 Å². The second-order valence-electron chi connectivity index (χ2n) is 3.85. The maximum Gasteiger partial charge on any atom is 0.185 e. The molecule has 0 radical (unpaired) electrons. The van der Waals surface area contributed by atoms with Crippen LogP contribution in [0.15, 0.2) is 30.6 Å². The Bertz CT molecular complexity index is 532. The summed E-state index contributed by atoms with van der Waals surface area (Å²) in [5, 5.41) is 0. The van der Waals surface area contributed by atoms with Crippen molar-refractivity contribution in [3.63, 3.8) is 0 Å². The molecule has 17 heavy (non-hydrogen) atoms. The molecule has 0 aliphatic heterocycles. The fraction of sp³-hybridized carbons (Fsp3) is 0.231. The second kappa shape index (κ2) is 4.82. The Hall–Kier alpha value is -2.10. The molecule has 0 saturated heterocycles. The van der Waals surface area contributed by atoms with Crippen LogP contribution in [0.2, 0.25) is 0 Å². The highest BCUT2D eigenvalue weighted by molar-refractivity contribution is 5.69. The number of carbonyl (C=O) groups is 1. The van der Waals surface area contributed by atoms with Crippen molar-refractivity contribution in [3.05, 3.63) is 47.5 Å². The Labute approximate surface area is 99.9 Å². The summed E-state index contributed by atoms with van der Waals surface area (Å²) in [5.41, 5.74) is 2.20. The van der Waals surface area contributed by atoms with E-state index in [4.69, 9.17) is 4.74 Å². The number of carbonyl (C=O) groups excluding carboxylic acids is 1. The number of aldehydes is 1. The smallest absolute Gasteiger partial charge is 0.185 e. The summed E-state index contributed by atoms with van der Waals surface area (Å²) >= 11 is 0. The molecule has 1 aromatic heterocycles. The zero-order valence-electron chi connectivity index (χ0n) is 9.88. The summed E-state index contributed by atoms with van der Waals surface area (Å²) in [6, 6.07) is 5.98. The number of aryl methyl sites for hydroxylation is 1. The summed E-state index contributed by atoms with van der Waals surface area (Å²) in [6.07, 6.45) is 4.15. The van der Waals surface area contributed by atoms with Gasteiger partial charge in [0.05, 0.1) is 13.7 Å². The molecular formula is C13H14N2O2. The van der Waals surface area contributed by atoms with Crippen molar-refractivity contribution in [1.82, 2.24) is 9.55 Å². The van der Waals surface area contributed by atoms with Crippen molar-refractivity contribution in [1.29, 1.82) is 0 Å². The second-order valence-corrected chi connectivity index (χ2v) is 3.85. The van der Waals surface area contributed by atoms with Crippen LogP contribution < -0.4 is 4.74 Å². The van der Waals surface area contributed by atoms with Gasteiger partial charge in [-0.25, -0.2) is 4.98 Å². The highest BCUT2D eigenvalue weighted by atomic mass is 16.5. The Morgan fingerprint density at radius 2 is 2.29 bits per heavy atom. The van der Waals surface area contributed by atoms with Gasteiger partial charge in [0.1, 0.15) is 5.75 Å². The first-order valence-electron chi connectivity index (χ1n) is 5.34. The molecule has 88 valence electrons. The van der Waals surface area contributed by atoms with Crippen LogP contribution in [0.5, 0.6) is 5.75 Å². The minimum atomic E-state index is 0.425. The number of methoxy groups -OCH3 is 1. The summed E-state index contributed by atoms with van der Waals surface area (Å²) in [6.45, 7) is 2.61. The van der Waals surface area contributed by atoms with Crippen molar-refractivity contribution in [2.24, 2.45) is 0 Å². The topological polar surface area (TPSA) is 44.1 Å². The lowest BCUT2D eigenvalue weighted by Crippen LogP contribution is -2.05. The third-order valence-corrected chi connectivity index (χ3v) is 2.63. The normalized spacial score (nSPS) is 10.2. The molecular weight excluding hydrogens is 216 g/mol. The lowest BCUT2D eigenvalue weighted by Gasteiger charge is -2.10. The van der Waals surface area contributed by atoms with Crippen LogP contribution in [0.3, 0.4) is 0 Å². The van der Waals surface area contributed by atoms with E-state index in [1.165, 1.54) is 0 Å². The number of aromatic nitrogens is 2. The monoisotopic (exact) mass is 230 g/mol. The first kappa shape index (κ1) is 11.4. The molecule has 0 aliphatic rings. The molecule has 1 heterocycles. The van der Waals surface area contributed by atoms with E-state index in [1.54, 1.807) is 24.1 Å². The van der Waals surface area contributed by atoms with E-state index in [0.29, 0.717) is 12.4 Å². The van der Waals surface area contributed by atoms with E-state index in [9.17, 15) is 4.79 Å². The van der Waals surface area contributed by atoms with Gasteiger partial charge in [0.2, 0.25) is 0 Å². The van der Waals surface area contributed by atoms with E-state index >= 15 is 0 Å². The molecule has 0 saturated carbocycles. The predicted molar refractivity (Wildman–Crippen MR) is 64.4 cm³/mol. The van der Waals surface area contributed by atoms with Crippen molar-refractivity contribution in [2.45, 2.75) is 13.5 Å². The third kappa shape index (κ3) is 2.36. The molecule has 0 spiro atoms. The first-order chi connectivity index (χ1) is 8.24. The molecule has 1 aromatic carbocycles. The molecule has 0 atom stereocenters. The molecule has 0 bridgehead atoms. The molecule has 2 rings (SSSR count). The van der Waals surface area contributed by atoms with Crippen molar-refractivity contribution in [2.75, 3.05) is 7.11 Å². The minimum Gasteiger partial charge on any atom is -0.496 e. The predicted octanol–water partition coefficient (Wildman–Crippen LogP) is 2.06. The zero-order valence-corrected chi connectivity index (χ0v) is 9.88. The van der Waals surface area contributed by atoms with Gasteiger partial charge in [0, 0.05) is 18.0 Å². The number of imidazole rings is 1. The van der Waals surface area contributed by atoms with Gasteiger partial charge in [-0.3, -0.25) is 4.79 Å². The number of nitrogens with zero attached hydrogens (tertiary/aromatic N) is 2. The quantitative estimate of drug-likeness (QED) is 0.755. The van der Waals surface area contributed by atoms with Crippen LogP contribution in [0, 0.1) is 6.92 Å². The number of rotatable bonds is 4. The van der Waals surface area contributed by atoms with Gasteiger partial charge >= 0.3 is 0 Å². The Morgan fingerprint density at radius 1 is 1.47 bits per heavy atom. The first-order valence-corrected chi connectivity index (χ1v) is 5.34.